The largest absolute Gasteiger partial charge is 0.497 e. The van der Waals surface area contributed by atoms with Crippen LogP contribution in [-0.2, 0) is 22.4 Å². The number of ether oxygens (including phenoxy) is 4. The minimum absolute atomic E-state index is 0.114. The van der Waals surface area contributed by atoms with Gasteiger partial charge in [-0.1, -0.05) is 6.07 Å². The monoisotopic (exact) mass is 389 g/mol. The molecule has 2 rings (SSSR count). The van der Waals surface area contributed by atoms with Crippen LogP contribution in [0.15, 0.2) is 35.3 Å². The molecule has 0 radical (unpaired) electrons. The van der Waals surface area contributed by atoms with Crippen molar-refractivity contribution >= 4 is 11.9 Å². The number of hydrogen-bond donors (Lipinski definition) is 0. The maximum atomic E-state index is 12.8. The summed E-state index contributed by atoms with van der Waals surface area (Å²) in [7, 11) is 4.26. The van der Waals surface area contributed by atoms with Crippen molar-refractivity contribution in [2.75, 3.05) is 27.9 Å². The molecule has 0 unspecified atom stereocenters. The van der Waals surface area contributed by atoms with Crippen molar-refractivity contribution in [2.24, 2.45) is 0 Å². The first-order valence-corrected chi connectivity index (χ1v) is 8.66. The zero-order valence-corrected chi connectivity index (χ0v) is 16.3. The van der Waals surface area contributed by atoms with Gasteiger partial charge in [-0.3, -0.25) is 4.79 Å². The Morgan fingerprint density at radius 1 is 1.04 bits per heavy atom. The first-order valence-electron chi connectivity index (χ1n) is 8.66. The molecule has 0 N–H and O–H groups in total. The van der Waals surface area contributed by atoms with E-state index in [0.717, 1.165) is 12.7 Å². The van der Waals surface area contributed by atoms with Gasteiger partial charge in [0.2, 0.25) is 0 Å². The molecule has 28 heavy (non-hydrogen) atoms. The van der Waals surface area contributed by atoms with Crippen LogP contribution in [0.25, 0.3) is 0 Å². The molecule has 150 valence electrons. The van der Waals surface area contributed by atoms with Crippen molar-refractivity contribution < 1.29 is 28.5 Å². The first kappa shape index (κ1) is 21.0. The molecule has 0 saturated heterocycles. The number of nitrogens with zero attached hydrogens (tertiary/aromatic N) is 1. The van der Waals surface area contributed by atoms with E-state index in [1.165, 1.54) is 16.8 Å². The normalized spacial score (nSPS) is 10.3. The molecule has 0 fully saturated rings. The molecule has 1 heterocycles. The lowest BCUT2D eigenvalue weighted by Gasteiger charge is -2.13. The van der Waals surface area contributed by atoms with Crippen LogP contribution in [-0.4, -0.2) is 44.4 Å². The van der Waals surface area contributed by atoms with Crippen LogP contribution in [0.5, 0.6) is 11.5 Å². The number of aryl methyl sites for hydroxylation is 2. The number of carbonyl (C=O) groups excluding carboxylic acids is 2. The number of carbonyl (C=O) groups is 2. The van der Waals surface area contributed by atoms with Gasteiger partial charge in [-0.2, -0.15) is 0 Å². The van der Waals surface area contributed by atoms with Gasteiger partial charge in [0.05, 0.1) is 33.5 Å². The summed E-state index contributed by atoms with van der Waals surface area (Å²) in [5, 5.41) is 0. The van der Waals surface area contributed by atoms with Crippen LogP contribution < -0.4 is 15.0 Å². The Balaban J connectivity index is 2.36. The topological polar surface area (TPSA) is 93.1 Å². The smallest absolute Gasteiger partial charge is 0.344 e. The first-order chi connectivity index (χ1) is 13.5. The lowest BCUT2D eigenvalue weighted by Crippen LogP contribution is -2.30. The van der Waals surface area contributed by atoms with Gasteiger partial charge in [0.25, 0.3) is 5.56 Å². The van der Waals surface area contributed by atoms with E-state index < -0.39 is 17.5 Å². The number of esters is 2. The van der Waals surface area contributed by atoms with Gasteiger partial charge in [0, 0.05) is 18.8 Å². The Morgan fingerprint density at radius 2 is 1.79 bits per heavy atom. The van der Waals surface area contributed by atoms with Crippen molar-refractivity contribution in [1.82, 2.24) is 4.57 Å². The van der Waals surface area contributed by atoms with Gasteiger partial charge in [0.15, 0.2) is 0 Å². The number of benzene rings is 1. The van der Waals surface area contributed by atoms with Gasteiger partial charge < -0.3 is 23.5 Å². The molecule has 0 aliphatic heterocycles. The molecule has 0 atom stereocenters. The zero-order valence-electron chi connectivity index (χ0n) is 16.3. The van der Waals surface area contributed by atoms with E-state index >= 15 is 0 Å². The predicted molar refractivity (Wildman–Crippen MR) is 101 cm³/mol. The number of hydrogen-bond acceptors (Lipinski definition) is 7. The molecule has 1 aromatic carbocycles. The Hall–Kier alpha value is -3.29. The van der Waals surface area contributed by atoms with Crippen molar-refractivity contribution in [2.45, 2.75) is 19.9 Å². The summed E-state index contributed by atoms with van der Waals surface area (Å²) in [6.07, 6.45) is 1.92. The van der Waals surface area contributed by atoms with Crippen LogP contribution in [0, 0.1) is 0 Å². The summed E-state index contributed by atoms with van der Waals surface area (Å²) in [6.45, 7) is 2.04. The number of rotatable bonds is 8. The quantitative estimate of drug-likeness (QED) is 0.638. The van der Waals surface area contributed by atoms with E-state index in [1.807, 2.05) is 6.07 Å². The second-order valence-corrected chi connectivity index (χ2v) is 5.74. The molecule has 2 aromatic rings. The van der Waals surface area contributed by atoms with Crippen molar-refractivity contribution in [3.8, 4) is 11.5 Å². The minimum atomic E-state index is -0.885. The Morgan fingerprint density at radius 3 is 2.39 bits per heavy atom. The molecule has 1 aromatic heterocycles. The van der Waals surface area contributed by atoms with Gasteiger partial charge >= 0.3 is 11.9 Å². The van der Waals surface area contributed by atoms with Crippen LogP contribution in [0.3, 0.4) is 0 Å². The van der Waals surface area contributed by atoms with E-state index in [2.05, 4.69) is 4.74 Å². The zero-order chi connectivity index (χ0) is 20.7. The Labute approximate surface area is 162 Å². The van der Waals surface area contributed by atoms with Gasteiger partial charge in [-0.15, -0.1) is 0 Å². The lowest BCUT2D eigenvalue weighted by molar-refractivity contribution is 0.0502. The summed E-state index contributed by atoms with van der Waals surface area (Å²) in [5.74, 6) is -0.346. The molecule has 8 heteroatoms. The molecule has 0 aliphatic rings. The third-order valence-electron chi connectivity index (χ3n) is 4.17. The van der Waals surface area contributed by atoms with Crippen LogP contribution in [0.2, 0.25) is 0 Å². The van der Waals surface area contributed by atoms with E-state index in [1.54, 1.807) is 33.3 Å². The third kappa shape index (κ3) is 4.51. The molecule has 0 saturated carbocycles. The summed E-state index contributed by atoms with van der Waals surface area (Å²) in [5.41, 5.74) is -0.212. The maximum Gasteiger partial charge on any atom is 0.344 e. The molecule has 8 nitrogen and oxygen atoms in total. The van der Waals surface area contributed by atoms with Gasteiger partial charge in [-0.05, 0) is 31.0 Å². The second kappa shape index (κ2) is 9.59. The number of pyridine rings is 1. The second-order valence-electron chi connectivity index (χ2n) is 5.74. The fourth-order valence-corrected chi connectivity index (χ4v) is 2.73. The fourth-order valence-electron chi connectivity index (χ4n) is 2.73. The van der Waals surface area contributed by atoms with E-state index in [4.69, 9.17) is 14.2 Å². The SMILES string of the molecule is CCOC(=O)c1ccn(CCc2ccc(OC)cc2OC)c(=O)c1C(=O)OC. The molecule has 0 bridgehead atoms. The molecular weight excluding hydrogens is 366 g/mol. The Kier molecular flexibility index (Phi) is 7.20. The third-order valence-corrected chi connectivity index (χ3v) is 4.17. The van der Waals surface area contributed by atoms with Crippen LogP contribution in [0.1, 0.15) is 33.2 Å². The Bertz CT molecular complexity index is 917. The van der Waals surface area contributed by atoms with E-state index in [-0.39, 0.29) is 24.3 Å². The standard InChI is InChI=1S/C20H23NO7/c1-5-28-19(23)15-9-11-21(18(22)17(15)20(24)27-4)10-8-13-6-7-14(25-2)12-16(13)26-3/h6-7,9,11-12H,5,8,10H2,1-4H3. The van der Waals surface area contributed by atoms with Crippen molar-refractivity contribution in [1.29, 1.82) is 0 Å². The molecule has 0 aliphatic carbocycles. The van der Waals surface area contributed by atoms with Crippen molar-refractivity contribution in [3.05, 3.63) is 57.5 Å². The van der Waals surface area contributed by atoms with Crippen molar-refractivity contribution in [3.63, 3.8) is 0 Å². The average Bonchev–Trinajstić information content (AvgIpc) is 2.72. The molecule has 0 spiro atoms. The maximum absolute atomic E-state index is 12.8. The fraction of sp³-hybridized carbons (Fsp3) is 0.350. The molecular formula is C20H23NO7. The van der Waals surface area contributed by atoms with Gasteiger partial charge in [0.1, 0.15) is 17.1 Å². The summed E-state index contributed by atoms with van der Waals surface area (Å²) < 4.78 is 21.5. The highest BCUT2D eigenvalue weighted by Crippen LogP contribution is 2.25. The molecule has 0 amide bonds. The lowest BCUT2D eigenvalue weighted by atomic mass is 10.1. The summed E-state index contributed by atoms with van der Waals surface area (Å²) in [4.78, 5) is 36.9. The van der Waals surface area contributed by atoms with Crippen LogP contribution in [0.4, 0.5) is 0 Å². The van der Waals surface area contributed by atoms with E-state index in [9.17, 15) is 14.4 Å². The predicted octanol–water partition coefficient (Wildman–Crippen LogP) is 2.07. The summed E-state index contributed by atoms with van der Waals surface area (Å²) >= 11 is 0. The average molecular weight is 389 g/mol. The highest BCUT2D eigenvalue weighted by Gasteiger charge is 2.24. The van der Waals surface area contributed by atoms with Crippen LogP contribution >= 0.6 is 0 Å². The summed E-state index contributed by atoms with van der Waals surface area (Å²) in [6, 6.07) is 6.78. The highest BCUT2D eigenvalue weighted by molar-refractivity contribution is 6.02. The van der Waals surface area contributed by atoms with Gasteiger partial charge in [-0.25, -0.2) is 9.59 Å². The highest BCUT2D eigenvalue weighted by atomic mass is 16.5. The number of methoxy groups -OCH3 is 3. The minimum Gasteiger partial charge on any atom is -0.497 e. The number of aromatic nitrogens is 1. The van der Waals surface area contributed by atoms with E-state index in [0.29, 0.717) is 17.9 Å².